The van der Waals surface area contributed by atoms with Crippen LogP contribution in [0.25, 0.3) is 0 Å². The Labute approximate surface area is 134 Å². The zero-order chi connectivity index (χ0) is 15.6. The van der Waals surface area contributed by atoms with Gasteiger partial charge < -0.3 is 15.5 Å². The van der Waals surface area contributed by atoms with E-state index in [1.54, 1.807) is 0 Å². The average molecular weight is 303 g/mol. The minimum Gasteiger partial charge on any atom is -0.338 e. The number of nitrogens with zero attached hydrogens (tertiary/aromatic N) is 1. The molecule has 0 bridgehead atoms. The van der Waals surface area contributed by atoms with Crippen LogP contribution in [-0.2, 0) is 6.54 Å². The van der Waals surface area contributed by atoms with Gasteiger partial charge in [0, 0.05) is 19.6 Å². The molecule has 1 heterocycles. The van der Waals surface area contributed by atoms with E-state index in [-0.39, 0.29) is 6.03 Å². The summed E-state index contributed by atoms with van der Waals surface area (Å²) in [4.78, 5) is 14.3. The SMILES string of the molecule is CC1CCCN(CCCCNC(=O)NCc2ccccc2)C1. The van der Waals surface area contributed by atoms with E-state index in [2.05, 4.69) is 22.5 Å². The number of nitrogens with one attached hydrogen (secondary N) is 2. The number of rotatable bonds is 7. The highest BCUT2D eigenvalue weighted by atomic mass is 16.2. The summed E-state index contributed by atoms with van der Waals surface area (Å²) in [5, 5.41) is 5.82. The highest BCUT2D eigenvalue weighted by Crippen LogP contribution is 2.15. The van der Waals surface area contributed by atoms with Gasteiger partial charge in [0.1, 0.15) is 0 Å². The van der Waals surface area contributed by atoms with Crippen molar-refractivity contribution in [3.63, 3.8) is 0 Å². The first-order valence-corrected chi connectivity index (χ1v) is 8.52. The summed E-state index contributed by atoms with van der Waals surface area (Å²) < 4.78 is 0. The monoisotopic (exact) mass is 303 g/mol. The third kappa shape index (κ3) is 6.48. The average Bonchev–Trinajstić information content (AvgIpc) is 2.54. The van der Waals surface area contributed by atoms with Crippen molar-refractivity contribution in [3.05, 3.63) is 35.9 Å². The summed E-state index contributed by atoms with van der Waals surface area (Å²) in [5.41, 5.74) is 1.12. The van der Waals surface area contributed by atoms with Crippen molar-refractivity contribution in [1.82, 2.24) is 15.5 Å². The van der Waals surface area contributed by atoms with Gasteiger partial charge in [0.05, 0.1) is 0 Å². The van der Waals surface area contributed by atoms with Crippen LogP contribution in [0.15, 0.2) is 30.3 Å². The van der Waals surface area contributed by atoms with Crippen LogP contribution in [0.1, 0.15) is 38.2 Å². The van der Waals surface area contributed by atoms with E-state index in [1.807, 2.05) is 30.3 Å². The van der Waals surface area contributed by atoms with Crippen LogP contribution in [-0.4, -0.2) is 37.1 Å². The van der Waals surface area contributed by atoms with Crippen molar-refractivity contribution < 1.29 is 4.79 Å². The molecule has 2 rings (SSSR count). The summed E-state index contributed by atoms with van der Waals surface area (Å²) >= 11 is 0. The minimum absolute atomic E-state index is 0.0737. The Kier molecular flexibility index (Phi) is 7.23. The lowest BCUT2D eigenvalue weighted by Crippen LogP contribution is -2.37. The Bertz CT molecular complexity index is 435. The number of urea groups is 1. The number of carbonyl (C=O) groups is 1. The van der Waals surface area contributed by atoms with Crippen molar-refractivity contribution in [3.8, 4) is 0 Å². The smallest absolute Gasteiger partial charge is 0.315 e. The summed E-state index contributed by atoms with van der Waals surface area (Å²) in [7, 11) is 0. The second kappa shape index (κ2) is 9.46. The first-order chi connectivity index (χ1) is 10.7. The van der Waals surface area contributed by atoms with E-state index < -0.39 is 0 Å². The lowest BCUT2D eigenvalue weighted by atomic mass is 10.0. The molecule has 22 heavy (non-hydrogen) atoms. The molecule has 1 aromatic carbocycles. The van der Waals surface area contributed by atoms with Gasteiger partial charge in [-0.15, -0.1) is 0 Å². The molecule has 1 saturated heterocycles. The summed E-state index contributed by atoms with van der Waals surface area (Å²) in [6.07, 6.45) is 4.91. The molecular weight excluding hydrogens is 274 g/mol. The maximum Gasteiger partial charge on any atom is 0.315 e. The molecule has 0 saturated carbocycles. The van der Waals surface area contributed by atoms with Crippen molar-refractivity contribution in [2.75, 3.05) is 26.2 Å². The molecular formula is C18H29N3O. The number of likely N-dealkylation sites (tertiary alicyclic amines) is 1. The van der Waals surface area contributed by atoms with Crippen LogP contribution >= 0.6 is 0 Å². The summed E-state index contributed by atoms with van der Waals surface area (Å²) in [6.45, 7) is 7.32. The standard InChI is InChI=1S/C18H29N3O/c1-16-8-7-13-21(15-16)12-6-5-11-19-18(22)20-14-17-9-3-2-4-10-17/h2-4,9-10,16H,5-8,11-15H2,1H3,(H2,19,20,22). The Morgan fingerprint density at radius 3 is 2.82 bits per heavy atom. The maximum atomic E-state index is 11.7. The van der Waals surface area contributed by atoms with Crippen LogP contribution in [0, 0.1) is 5.92 Å². The molecule has 122 valence electrons. The molecule has 0 radical (unpaired) electrons. The Hall–Kier alpha value is -1.55. The fourth-order valence-corrected chi connectivity index (χ4v) is 2.99. The van der Waals surface area contributed by atoms with Gasteiger partial charge in [0.15, 0.2) is 0 Å². The highest BCUT2D eigenvalue weighted by Gasteiger charge is 2.15. The van der Waals surface area contributed by atoms with E-state index in [9.17, 15) is 4.79 Å². The molecule has 0 aromatic heterocycles. The molecule has 1 aromatic rings. The normalized spacial score (nSPS) is 18.9. The third-order valence-corrected chi connectivity index (χ3v) is 4.22. The van der Waals surface area contributed by atoms with Crippen LogP contribution < -0.4 is 10.6 Å². The largest absolute Gasteiger partial charge is 0.338 e. The predicted molar refractivity (Wildman–Crippen MR) is 90.8 cm³/mol. The molecule has 4 nitrogen and oxygen atoms in total. The van der Waals surface area contributed by atoms with Gasteiger partial charge in [-0.05, 0) is 50.3 Å². The van der Waals surface area contributed by atoms with Gasteiger partial charge >= 0.3 is 6.03 Å². The van der Waals surface area contributed by atoms with E-state index >= 15 is 0 Å². The second-order valence-electron chi connectivity index (χ2n) is 6.35. The Morgan fingerprint density at radius 1 is 1.23 bits per heavy atom. The predicted octanol–water partition coefficient (Wildman–Crippen LogP) is 3.00. The van der Waals surface area contributed by atoms with E-state index in [0.717, 1.165) is 37.4 Å². The number of hydrogen-bond acceptors (Lipinski definition) is 2. The Balaban J connectivity index is 1.48. The zero-order valence-electron chi connectivity index (χ0n) is 13.7. The molecule has 1 aliphatic heterocycles. The molecule has 4 heteroatoms. The van der Waals surface area contributed by atoms with Gasteiger partial charge in [-0.25, -0.2) is 4.79 Å². The topological polar surface area (TPSA) is 44.4 Å². The van der Waals surface area contributed by atoms with E-state index in [1.165, 1.54) is 25.9 Å². The fourth-order valence-electron chi connectivity index (χ4n) is 2.99. The van der Waals surface area contributed by atoms with Gasteiger partial charge in [0.2, 0.25) is 0 Å². The number of piperidine rings is 1. The first kappa shape index (κ1) is 16.8. The lowest BCUT2D eigenvalue weighted by Gasteiger charge is -2.30. The van der Waals surface area contributed by atoms with Gasteiger partial charge in [0.25, 0.3) is 0 Å². The number of amides is 2. The van der Waals surface area contributed by atoms with Gasteiger partial charge in [-0.1, -0.05) is 37.3 Å². The number of carbonyl (C=O) groups excluding carboxylic acids is 1. The molecule has 1 atom stereocenters. The molecule has 1 unspecified atom stereocenters. The molecule has 2 amide bonds. The van der Waals surface area contributed by atoms with Crippen LogP contribution in [0.5, 0.6) is 0 Å². The molecule has 0 spiro atoms. The minimum atomic E-state index is -0.0737. The van der Waals surface area contributed by atoms with Crippen LogP contribution in [0.3, 0.4) is 0 Å². The van der Waals surface area contributed by atoms with Crippen molar-refractivity contribution in [2.24, 2.45) is 5.92 Å². The first-order valence-electron chi connectivity index (χ1n) is 8.52. The van der Waals surface area contributed by atoms with Crippen molar-refractivity contribution in [1.29, 1.82) is 0 Å². The third-order valence-electron chi connectivity index (χ3n) is 4.22. The summed E-state index contributed by atoms with van der Waals surface area (Å²) in [5.74, 6) is 0.843. The number of benzene rings is 1. The fraction of sp³-hybridized carbons (Fsp3) is 0.611. The lowest BCUT2D eigenvalue weighted by molar-refractivity contribution is 0.181. The Morgan fingerprint density at radius 2 is 2.05 bits per heavy atom. The second-order valence-corrected chi connectivity index (χ2v) is 6.35. The van der Waals surface area contributed by atoms with Crippen LogP contribution in [0.4, 0.5) is 4.79 Å². The molecule has 2 N–H and O–H groups in total. The van der Waals surface area contributed by atoms with Crippen molar-refractivity contribution in [2.45, 2.75) is 39.2 Å². The van der Waals surface area contributed by atoms with Crippen molar-refractivity contribution >= 4 is 6.03 Å². The van der Waals surface area contributed by atoms with Gasteiger partial charge in [-0.3, -0.25) is 0 Å². The number of unbranched alkanes of at least 4 members (excludes halogenated alkanes) is 1. The number of hydrogen-bond donors (Lipinski definition) is 2. The maximum absolute atomic E-state index is 11.7. The van der Waals surface area contributed by atoms with Gasteiger partial charge in [-0.2, -0.15) is 0 Å². The zero-order valence-corrected chi connectivity index (χ0v) is 13.7. The highest BCUT2D eigenvalue weighted by molar-refractivity contribution is 5.73. The molecule has 1 aliphatic rings. The van der Waals surface area contributed by atoms with Crippen LogP contribution in [0.2, 0.25) is 0 Å². The molecule has 0 aliphatic carbocycles. The summed E-state index contributed by atoms with van der Waals surface area (Å²) in [6, 6.07) is 9.90. The molecule has 1 fully saturated rings. The van der Waals surface area contributed by atoms with E-state index in [4.69, 9.17) is 0 Å². The quantitative estimate of drug-likeness (QED) is 0.761. The van der Waals surface area contributed by atoms with E-state index in [0.29, 0.717) is 6.54 Å².